The zero-order valence-electron chi connectivity index (χ0n) is 21.1. The molecule has 9 nitrogen and oxygen atoms in total. The van der Waals surface area contributed by atoms with Gasteiger partial charge in [-0.25, -0.2) is 0 Å². The summed E-state index contributed by atoms with van der Waals surface area (Å²) in [6.07, 6.45) is 0.634. The van der Waals surface area contributed by atoms with Gasteiger partial charge < -0.3 is 24.4 Å². The quantitative estimate of drug-likeness (QED) is 0.261. The number of piperazine rings is 1. The maximum absolute atomic E-state index is 13.0. The Labute approximate surface area is 222 Å². The van der Waals surface area contributed by atoms with E-state index in [0.29, 0.717) is 42.7 Å². The summed E-state index contributed by atoms with van der Waals surface area (Å²) in [7, 11) is 0. The Kier molecular flexibility index (Phi) is 10.7. The van der Waals surface area contributed by atoms with Crippen molar-refractivity contribution in [3.63, 3.8) is 0 Å². The van der Waals surface area contributed by atoms with Gasteiger partial charge in [0.25, 0.3) is 5.91 Å². The van der Waals surface area contributed by atoms with Crippen LogP contribution in [0.5, 0.6) is 11.5 Å². The van der Waals surface area contributed by atoms with Crippen LogP contribution in [-0.4, -0.2) is 66.7 Å². The van der Waals surface area contributed by atoms with Crippen molar-refractivity contribution in [3.8, 4) is 11.5 Å². The highest BCUT2D eigenvalue weighted by Crippen LogP contribution is 2.19. The lowest BCUT2D eigenvalue weighted by atomic mass is 10.1. The number of carbonyl (C=O) groups is 3. The number of nitrogens with zero attached hydrogens (tertiary/aromatic N) is 1. The lowest BCUT2D eigenvalue weighted by molar-refractivity contribution is -0.148. The number of thiocarbonyl (C=S) groups is 1. The van der Waals surface area contributed by atoms with Crippen LogP contribution in [0.4, 0.5) is 0 Å². The minimum atomic E-state index is -0.901. The van der Waals surface area contributed by atoms with E-state index in [-0.39, 0.29) is 30.7 Å². The molecule has 0 aromatic heterocycles. The Morgan fingerprint density at radius 1 is 1.05 bits per heavy atom. The first-order valence-corrected chi connectivity index (χ1v) is 12.7. The maximum Gasteiger partial charge on any atom is 0.308 e. The van der Waals surface area contributed by atoms with E-state index < -0.39 is 17.9 Å². The van der Waals surface area contributed by atoms with Gasteiger partial charge >= 0.3 is 5.97 Å². The van der Waals surface area contributed by atoms with E-state index in [0.717, 1.165) is 6.42 Å². The number of hydrogen-bond acceptors (Lipinski definition) is 7. The average molecular weight is 528 g/mol. The van der Waals surface area contributed by atoms with Crippen molar-refractivity contribution in [2.45, 2.75) is 32.7 Å². The van der Waals surface area contributed by atoms with Gasteiger partial charge in [0.05, 0.1) is 18.6 Å². The molecular weight excluding hydrogens is 494 g/mol. The zero-order valence-corrected chi connectivity index (χ0v) is 21.9. The van der Waals surface area contributed by atoms with E-state index in [4.69, 9.17) is 26.4 Å². The molecule has 2 amide bonds. The van der Waals surface area contributed by atoms with E-state index in [1.165, 1.54) is 4.90 Å². The van der Waals surface area contributed by atoms with Crippen LogP contribution >= 0.6 is 12.2 Å². The standard InChI is InChI=1S/C27H33N3O6S/c1-19(2)12-15-35-23-11-7-6-10-21(23)25(32)29-27(37)30-14-13-28-26(33)22(30)18-24(31)36-17-16-34-20-8-4-3-5-9-20/h3-11,19,22H,12-18H2,1-2H3,(H,28,33)(H,29,32,37). The molecule has 37 heavy (non-hydrogen) atoms. The van der Waals surface area contributed by atoms with Crippen molar-refractivity contribution in [1.82, 2.24) is 15.5 Å². The molecule has 1 saturated heterocycles. The van der Waals surface area contributed by atoms with E-state index in [1.54, 1.807) is 36.4 Å². The highest BCUT2D eigenvalue weighted by Gasteiger charge is 2.34. The fourth-order valence-corrected chi connectivity index (χ4v) is 3.94. The van der Waals surface area contributed by atoms with Crippen molar-refractivity contribution < 1.29 is 28.6 Å². The third-order valence-electron chi connectivity index (χ3n) is 5.61. The summed E-state index contributed by atoms with van der Waals surface area (Å²) in [6.45, 7) is 5.58. The molecule has 0 spiro atoms. The lowest BCUT2D eigenvalue weighted by Gasteiger charge is -2.36. The highest BCUT2D eigenvalue weighted by atomic mass is 32.1. The number of esters is 1. The van der Waals surface area contributed by atoms with Crippen molar-refractivity contribution in [2.75, 3.05) is 32.9 Å². The monoisotopic (exact) mass is 527 g/mol. The zero-order chi connectivity index (χ0) is 26.6. The summed E-state index contributed by atoms with van der Waals surface area (Å²) >= 11 is 5.46. The van der Waals surface area contributed by atoms with Crippen LogP contribution in [0, 0.1) is 5.92 Å². The third-order valence-corrected chi connectivity index (χ3v) is 5.95. The molecule has 10 heteroatoms. The average Bonchev–Trinajstić information content (AvgIpc) is 2.88. The number of ether oxygens (including phenoxy) is 3. The van der Waals surface area contributed by atoms with Crippen molar-refractivity contribution in [1.29, 1.82) is 0 Å². The Balaban J connectivity index is 1.55. The molecule has 0 bridgehead atoms. The van der Waals surface area contributed by atoms with Crippen LogP contribution in [0.1, 0.15) is 37.0 Å². The molecule has 1 atom stereocenters. The maximum atomic E-state index is 13.0. The molecule has 1 aliphatic rings. The number of para-hydroxylation sites is 2. The molecular formula is C27H33N3O6S. The van der Waals surface area contributed by atoms with Gasteiger partial charge in [-0.3, -0.25) is 19.7 Å². The molecule has 2 N–H and O–H groups in total. The van der Waals surface area contributed by atoms with E-state index >= 15 is 0 Å². The van der Waals surface area contributed by atoms with E-state index in [9.17, 15) is 14.4 Å². The largest absolute Gasteiger partial charge is 0.493 e. The summed E-state index contributed by atoms with van der Waals surface area (Å²) in [4.78, 5) is 39.6. The van der Waals surface area contributed by atoms with Gasteiger partial charge in [0.1, 0.15) is 30.8 Å². The van der Waals surface area contributed by atoms with Crippen LogP contribution in [0.15, 0.2) is 54.6 Å². The van der Waals surface area contributed by atoms with Gasteiger partial charge in [-0.2, -0.15) is 0 Å². The lowest BCUT2D eigenvalue weighted by Crippen LogP contribution is -2.60. The molecule has 198 valence electrons. The molecule has 0 radical (unpaired) electrons. The Morgan fingerprint density at radius 2 is 1.78 bits per heavy atom. The van der Waals surface area contributed by atoms with Crippen molar-refractivity contribution in [2.24, 2.45) is 5.92 Å². The molecule has 1 fully saturated rings. The number of rotatable bonds is 11. The van der Waals surface area contributed by atoms with Gasteiger partial charge in [0, 0.05) is 13.1 Å². The van der Waals surface area contributed by atoms with E-state index in [2.05, 4.69) is 24.5 Å². The summed E-state index contributed by atoms with van der Waals surface area (Å²) in [5.74, 6) is 0.218. The first-order valence-electron chi connectivity index (χ1n) is 12.3. The molecule has 0 aliphatic carbocycles. The fourth-order valence-electron chi connectivity index (χ4n) is 3.63. The third kappa shape index (κ3) is 8.75. The second-order valence-corrected chi connectivity index (χ2v) is 9.26. The van der Waals surface area contributed by atoms with Gasteiger partial charge in [0.15, 0.2) is 5.11 Å². The minimum absolute atomic E-state index is 0.0385. The van der Waals surface area contributed by atoms with Crippen LogP contribution < -0.4 is 20.1 Å². The number of amides is 2. The molecule has 3 rings (SSSR count). The normalized spacial score (nSPS) is 15.1. The first kappa shape index (κ1) is 27.9. The first-order chi connectivity index (χ1) is 17.8. The van der Waals surface area contributed by atoms with Crippen LogP contribution in [-0.2, 0) is 14.3 Å². The SMILES string of the molecule is CC(C)CCOc1ccccc1C(=O)NC(=S)N1CCNC(=O)C1CC(=O)OCCOc1ccccc1. The van der Waals surface area contributed by atoms with Crippen LogP contribution in [0.2, 0.25) is 0 Å². The Morgan fingerprint density at radius 3 is 2.54 bits per heavy atom. The summed E-state index contributed by atoms with van der Waals surface area (Å²) in [6, 6.07) is 15.2. The van der Waals surface area contributed by atoms with Crippen molar-refractivity contribution >= 4 is 35.1 Å². The molecule has 1 heterocycles. The number of nitrogens with one attached hydrogen (secondary N) is 2. The molecule has 1 aliphatic heterocycles. The molecule has 2 aromatic carbocycles. The predicted molar refractivity (Wildman–Crippen MR) is 142 cm³/mol. The second-order valence-electron chi connectivity index (χ2n) is 8.87. The topological polar surface area (TPSA) is 106 Å². The number of carbonyl (C=O) groups excluding carboxylic acids is 3. The summed E-state index contributed by atoms with van der Waals surface area (Å²) < 4.78 is 16.6. The molecule has 0 saturated carbocycles. The highest BCUT2D eigenvalue weighted by molar-refractivity contribution is 7.80. The molecule has 2 aromatic rings. The van der Waals surface area contributed by atoms with Gasteiger partial charge in [-0.15, -0.1) is 0 Å². The van der Waals surface area contributed by atoms with Crippen LogP contribution in [0.3, 0.4) is 0 Å². The van der Waals surface area contributed by atoms with Crippen molar-refractivity contribution in [3.05, 3.63) is 60.2 Å². The molecule has 1 unspecified atom stereocenters. The summed E-state index contributed by atoms with van der Waals surface area (Å²) in [5.41, 5.74) is 0.337. The number of hydrogen-bond donors (Lipinski definition) is 2. The Bertz CT molecular complexity index is 1080. The van der Waals surface area contributed by atoms with E-state index in [1.807, 2.05) is 18.2 Å². The number of benzene rings is 2. The fraction of sp³-hybridized carbons (Fsp3) is 0.407. The van der Waals surface area contributed by atoms with Crippen LogP contribution in [0.25, 0.3) is 0 Å². The minimum Gasteiger partial charge on any atom is -0.493 e. The predicted octanol–water partition coefficient (Wildman–Crippen LogP) is 2.94. The van der Waals surface area contributed by atoms with Gasteiger partial charge in [0.2, 0.25) is 5.91 Å². The van der Waals surface area contributed by atoms with Gasteiger partial charge in [-0.05, 0) is 48.8 Å². The summed E-state index contributed by atoms with van der Waals surface area (Å²) in [5, 5.41) is 5.48. The van der Waals surface area contributed by atoms with Gasteiger partial charge in [-0.1, -0.05) is 44.2 Å². The Hall–Kier alpha value is -3.66. The smallest absolute Gasteiger partial charge is 0.308 e. The second kappa shape index (κ2) is 14.2.